The molecule has 0 bridgehead atoms. The minimum Gasteiger partial charge on any atom is -0.496 e. The second-order valence-electron chi connectivity index (χ2n) is 13.5. The molecule has 1 heterocycles. The molecule has 1 N–H and O–H groups in total. The maximum Gasteiger partial charge on any atom is 0.410 e. The van der Waals surface area contributed by atoms with Gasteiger partial charge in [0.05, 0.1) is 46.2 Å². The molecule has 4 rings (SSSR count). The average molecular weight is 691 g/mol. The Kier molecular flexibility index (Phi) is 14.8. The summed E-state index contributed by atoms with van der Waals surface area (Å²) in [5, 5.41) is 2.86. The number of nitrogens with one attached hydrogen (secondary N) is 1. The van der Waals surface area contributed by atoms with E-state index in [4.69, 9.17) is 28.4 Å². The standard InChI is InChI=1S/C40H54N2O8/c1-29-13-11-18-36(32(29)19-21-41-30(2)43)48-25-26-49-38-27-42(39(44)50-40(3,4)5)22-20-34(38)33-15-8-10-17-37(33)47-24-12-23-46-28-31-14-7-9-16-35(31)45-6/h7-11,13-18,34,38H,12,19-28H2,1-6H3,(H,41,43). The molecule has 3 aromatic rings. The van der Waals surface area contributed by atoms with Crippen molar-refractivity contribution in [3.05, 3.63) is 89.0 Å². The molecule has 1 fully saturated rings. The maximum absolute atomic E-state index is 13.1. The second kappa shape index (κ2) is 19.2. The lowest BCUT2D eigenvalue weighted by Crippen LogP contribution is -2.48. The van der Waals surface area contributed by atoms with Gasteiger partial charge in [-0.25, -0.2) is 4.79 Å². The van der Waals surface area contributed by atoms with Crippen molar-refractivity contribution in [2.75, 3.05) is 53.2 Å². The van der Waals surface area contributed by atoms with E-state index >= 15 is 0 Å². The Morgan fingerprint density at radius 2 is 1.60 bits per heavy atom. The van der Waals surface area contributed by atoms with Crippen LogP contribution in [0.4, 0.5) is 4.79 Å². The molecule has 10 nitrogen and oxygen atoms in total. The van der Waals surface area contributed by atoms with Crippen LogP contribution in [-0.2, 0) is 32.0 Å². The third kappa shape index (κ3) is 11.9. The number of ether oxygens (including phenoxy) is 6. The van der Waals surface area contributed by atoms with E-state index in [2.05, 4.69) is 11.4 Å². The minimum atomic E-state index is -0.596. The Morgan fingerprint density at radius 3 is 2.36 bits per heavy atom. The van der Waals surface area contributed by atoms with Gasteiger partial charge in [-0.15, -0.1) is 0 Å². The van der Waals surface area contributed by atoms with E-state index < -0.39 is 5.60 Å². The number of nitrogens with zero attached hydrogens (tertiary/aromatic N) is 1. The number of hydrogen-bond acceptors (Lipinski definition) is 8. The smallest absolute Gasteiger partial charge is 0.410 e. The molecule has 1 aliphatic rings. The van der Waals surface area contributed by atoms with Crippen LogP contribution in [0, 0.1) is 6.92 Å². The highest BCUT2D eigenvalue weighted by Gasteiger charge is 2.36. The van der Waals surface area contributed by atoms with Gasteiger partial charge in [0.2, 0.25) is 5.91 Å². The van der Waals surface area contributed by atoms with E-state index in [1.165, 1.54) is 6.92 Å². The van der Waals surface area contributed by atoms with Gasteiger partial charge in [0.1, 0.15) is 29.5 Å². The summed E-state index contributed by atoms with van der Waals surface area (Å²) in [5.74, 6) is 2.34. The lowest BCUT2D eigenvalue weighted by atomic mass is 9.86. The van der Waals surface area contributed by atoms with Gasteiger partial charge in [-0.05, 0) is 75.4 Å². The molecular formula is C40H54N2O8. The first-order valence-corrected chi connectivity index (χ1v) is 17.5. The van der Waals surface area contributed by atoms with Crippen LogP contribution in [0.25, 0.3) is 0 Å². The van der Waals surface area contributed by atoms with Crippen LogP contribution in [0.3, 0.4) is 0 Å². The van der Waals surface area contributed by atoms with Crippen molar-refractivity contribution in [1.29, 1.82) is 0 Å². The monoisotopic (exact) mass is 690 g/mol. The fraction of sp³-hybridized carbons (Fsp3) is 0.500. The number of hydrogen-bond donors (Lipinski definition) is 1. The van der Waals surface area contributed by atoms with Crippen molar-refractivity contribution in [3.8, 4) is 17.2 Å². The Hall–Kier alpha value is -4.28. The number of amides is 2. The third-order valence-corrected chi connectivity index (χ3v) is 8.46. The first-order valence-electron chi connectivity index (χ1n) is 17.5. The normalized spacial score (nSPS) is 16.1. The fourth-order valence-corrected chi connectivity index (χ4v) is 6.04. The third-order valence-electron chi connectivity index (χ3n) is 8.46. The molecule has 50 heavy (non-hydrogen) atoms. The SMILES string of the molecule is COc1ccccc1COCCCOc1ccccc1C1CCN(C(=O)OC(C)(C)C)CC1OCCOc1cccc(C)c1CCNC(C)=O. The molecule has 0 saturated carbocycles. The van der Waals surface area contributed by atoms with Crippen molar-refractivity contribution >= 4 is 12.0 Å². The van der Waals surface area contributed by atoms with Crippen LogP contribution in [0.2, 0.25) is 0 Å². The Labute approximate surface area is 297 Å². The van der Waals surface area contributed by atoms with Crippen LogP contribution >= 0.6 is 0 Å². The van der Waals surface area contributed by atoms with Gasteiger partial charge in [-0.2, -0.15) is 0 Å². The highest BCUT2D eigenvalue weighted by atomic mass is 16.6. The fourth-order valence-electron chi connectivity index (χ4n) is 6.04. The molecule has 2 unspecified atom stereocenters. The molecule has 0 radical (unpaired) electrons. The summed E-state index contributed by atoms with van der Waals surface area (Å²) in [6, 6.07) is 21.9. The van der Waals surface area contributed by atoms with E-state index in [0.29, 0.717) is 65.5 Å². The lowest BCUT2D eigenvalue weighted by molar-refractivity contribution is -0.118. The Bertz CT molecular complexity index is 1520. The van der Waals surface area contributed by atoms with E-state index in [1.807, 2.05) is 88.4 Å². The summed E-state index contributed by atoms with van der Waals surface area (Å²) in [7, 11) is 1.66. The molecule has 2 atom stereocenters. The zero-order valence-corrected chi connectivity index (χ0v) is 30.5. The number of para-hydroxylation sites is 2. The number of rotatable bonds is 17. The van der Waals surface area contributed by atoms with Gasteiger partial charge >= 0.3 is 6.09 Å². The highest BCUT2D eigenvalue weighted by Crippen LogP contribution is 2.36. The molecule has 0 spiro atoms. The van der Waals surface area contributed by atoms with Crippen molar-refractivity contribution < 1.29 is 38.0 Å². The first kappa shape index (κ1) is 38.5. The second-order valence-corrected chi connectivity index (χ2v) is 13.5. The summed E-state index contributed by atoms with van der Waals surface area (Å²) >= 11 is 0. The zero-order valence-electron chi connectivity index (χ0n) is 30.5. The maximum atomic E-state index is 13.1. The summed E-state index contributed by atoms with van der Waals surface area (Å²) in [6.07, 6.45) is 1.44. The van der Waals surface area contributed by atoms with E-state index in [0.717, 1.165) is 45.9 Å². The van der Waals surface area contributed by atoms with E-state index in [9.17, 15) is 9.59 Å². The zero-order chi connectivity index (χ0) is 35.9. The number of methoxy groups -OCH3 is 1. The van der Waals surface area contributed by atoms with Gasteiger partial charge in [0.25, 0.3) is 0 Å². The largest absolute Gasteiger partial charge is 0.496 e. The number of piperidine rings is 1. The molecule has 0 aromatic heterocycles. The van der Waals surface area contributed by atoms with Crippen molar-refractivity contribution in [1.82, 2.24) is 10.2 Å². The minimum absolute atomic E-state index is 0.00105. The number of aryl methyl sites for hydroxylation is 1. The van der Waals surface area contributed by atoms with Crippen molar-refractivity contribution in [2.45, 2.75) is 78.1 Å². The van der Waals surface area contributed by atoms with Gasteiger partial charge in [-0.3, -0.25) is 4.79 Å². The number of carbonyl (C=O) groups is 2. The lowest BCUT2D eigenvalue weighted by Gasteiger charge is -2.39. The predicted molar refractivity (Wildman–Crippen MR) is 193 cm³/mol. The topological polar surface area (TPSA) is 105 Å². The van der Waals surface area contributed by atoms with Crippen LogP contribution in [-0.4, -0.2) is 81.8 Å². The Morgan fingerprint density at radius 1 is 0.880 bits per heavy atom. The van der Waals surface area contributed by atoms with Crippen LogP contribution < -0.4 is 19.5 Å². The van der Waals surface area contributed by atoms with Gasteiger partial charge in [-0.1, -0.05) is 48.5 Å². The molecule has 3 aromatic carbocycles. The summed E-state index contributed by atoms with van der Waals surface area (Å²) in [5.41, 5.74) is 3.63. The summed E-state index contributed by atoms with van der Waals surface area (Å²) in [6.45, 7) is 12.8. The summed E-state index contributed by atoms with van der Waals surface area (Å²) in [4.78, 5) is 26.2. The molecule has 10 heteroatoms. The first-order chi connectivity index (χ1) is 24.1. The van der Waals surface area contributed by atoms with Crippen LogP contribution in [0.5, 0.6) is 17.2 Å². The van der Waals surface area contributed by atoms with E-state index in [-0.39, 0.29) is 24.0 Å². The summed E-state index contributed by atoms with van der Waals surface area (Å²) < 4.78 is 36.1. The molecule has 2 amide bonds. The molecule has 272 valence electrons. The van der Waals surface area contributed by atoms with Crippen molar-refractivity contribution in [3.63, 3.8) is 0 Å². The highest BCUT2D eigenvalue weighted by molar-refractivity contribution is 5.72. The number of likely N-dealkylation sites (tertiary alicyclic amines) is 1. The van der Waals surface area contributed by atoms with Crippen LogP contribution in [0.1, 0.15) is 68.7 Å². The quantitative estimate of drug-likeness (QED) is 0.153. The predicted octanol–water partition coefficient (Wildman–Crippen LogP) is 6.86. The molecule has 0 aliphatic carbocycles. The Balaban J connectivity index is 1.38. The van der Waals surface area contributed by atoms with Crippen molar-refractivity contribution in [2.24, 2.45) is 0 Å². The molecule has 1 aliphatic heterocycles. The van der Waals surface area contributed by atoms with Crippen LogP contribution in [0.15, 0.2) is 66.7 Å². The van der Waals surface area contributed by atoms with Gasteiger partial charge < -0.3 is 38.6 Å². The number of carbonyl (C=O) groups excluding carboxylic acids is 2. The molecule has 1 saturated heterocycles. The molecular weight excluding hydrogens is 636 g/mol. The number of benzene rings is 3. The van der Waals surface area contributed by atoms with Gasteiger partial charge in [0.15, 0.2) is 0 Å². The van der Waals surface area contributed by atoms with E-state index in [1.54, 1.807) is 12.0 Å². The average Bonchev–Trinajstić information content (AvgIpc) is 3.08. The van der Waals surface area contributed by atoms with Gasteiger partial charge in [0, 0.05) is 37.9 Å².